The van der Waals surface area contributed by atoms with Crippen molar-refractivity contribution in [2.24, 2.45) is 0 Å². The zero-order chi connectivity index (χ0) is 11.9. The van der Waals surface area contributed by atoms with Gasteiger partial charge in [0.15, 0.2) is 0 Å². The topological polar surface area (TPSA) is 40.5 Å². The van der Waals surface area contributed by atoms with Crippen molar-refractivity contribution < 1.29 is 14.7 Å². The summed E-state index contributed by atoms with van der Waals surface area (Å²) in [5, 5.41) is 17.6. The summed E-state index contributed by atoms with van der Waals surface area (Å²) < 4.78 is 1.20. The summed E-state index contributed by atoms with van der Waals surface area (Å²) in [6.07, 6.45) is 8.15. The predicted molar refractivity (Wildman–Crippen MR) is 66.2 cm³/mol. The highest BCUT2D eigenvalue weighted by Gasteiger charge is 2.36. The van der Waals surface area contributed by atoms with Crippen LogP contribution >= 0.6 is 0 Å². The maximum absolute atomic E-state index is 8.83. The first-order chi connectivity index (χ1) is 7.73. The fourth-order valence-corrected chi connectivity index (χ4v) is 3.01. The Balaban J connectivity index is 2.30. The molecule has 1 aliphatic heterocycles. The van der Waals surface area contributed by atoms with Gasteiger partial charge < -0.3 is 14.7 Å². The lowest BCUT2D eigenvalue weighted by Gasteiger charge is -2.36. The second-order valence-corrected chi connectivity index (χ2v) is 5.37. The van der Waals surface area contributed by atoms with Gasteiger partial charge >= 0.3 is 0 Å². The molecule has 0 radical (unpaired) electrons. The third kappa shape index (κ3) is 4.04. The Kier molecular flexibility index (Phi) is 6.32. The molecule has 1 fully saturated rings. The first kappa shape index (κ1) is 13.9. The van der Waals surface area contributed by atoms with E-state index in [1.165, 1.54) is 36.8 Å². The molecule has 0 aromatic heterocycles. The number of hydrogen-bond donors (Lipinski definition) is 2. The fraction of sp³-hybridized carbons (Fsp3) is 1.00. The molecule has 96 valence electrons. The zero-order valence-electron chi connectivity index (χ0n) is 10.7. The average molecular weight is 230 g/mol. The molecule has 0 aliphatic carbocycles. The van der Waals surface area contributed by atoms with Crippen LogP contribution in [0.2, 0.25) is 0 Å². The molecule has 3 nitrogen and oxygen atoms in total. The summed E-state index contributed by atoms with van der Waals surface area (Å²) in [6.45, 7) is 3.18. The molecule has 2 N–H and O–H groups in total. The van der Waals surface area contributed by atoms with Crippen LogP contribution in [0.5, 0.6) is 0 Å². The van der Waals surface area contributed by atoms with Gasteiger partial charge in [0.05, 0.1) is 26.2 Å². The third-order valence-corrected chi connectivity index (χ3v) is 4.11. The minimum Gasteiger partial charge on any atom is -0.396 e. The van der Waals surface area contributed by atoms with Crippen LogP contribution in [-0.2, 0) is 0 Å². The van der Waals surface area contributed by atoms with Crippen LogP contribution in [0, 0.1) is 0 Å². The molecule has 1 heterocycles. The molecule has 2 atom stereocenters. The summed E-state index contributed by atoms with van der Waals surface area (Å²) in [5.74, 6) is 0. The van der Waals surface area contributed by atoms with E-state index in [1.54, 1.807) is 0 Å². The van der Waals surface area contributed by atoms with Crippen molar-refractivity contribution in [3.63, 3.8) is 0 Å². The molecule has 0 aromatic rings. The molecule has 1 rings (SSSR count). The van der Waals surface area contributed by atoms with E-state index in [9.17, 15) is 0 Å². The quantitative estimate of drug-likeness (QED) is 0.490. The number of rotatable bonds is 8. The van der Waals surface area contributed by atoms with Gasteiger partial charge in [0.25, 0.3) is 0 Å². The highest BCUT2D eigenvalue weighted by molar-refractivity contribution is 4.67. The highest BCUT2D eigenvalue weighted by atomic mass is 16.3. The van der Waals surface area contributed by atoms with Crippen LogP contribution in [0.3, 0.4) is 0 Å². The Hall–Kier alpha value is -0.120. The van der Waals surface area contributed by atoms with E-state index >= 15 is 0 Å². The van der Waals surface area contributed by atoms with Gasteiger partial charge in [-0.2, -0.15) is 0 Å². The normalized spacial score (nSPS) is 29.8. The van der Waals surface area contributed by atoms with Crippen molar-refractivity contribution in [1.29, 1.82) is 0 Å². The molecule has 0 aromatic carbocycles. The molecule has 0 saturated carbocycles. The van der Waals surface area contributed by atoms with Crippen LogP contribution < -0.4 is 0 Å². The Bertz CT molecular complexity index is 187. The monoisotopic (exact) mass is 230 g/mol. The lowest BCUT2D eigenvalue weighted by Crippen LogP contribution is -2.48. The van der Waals surface area contributed by atoms with E-state index in [-0.39, 0.29) is 0 Å². The van der Waals surface area contributed by atoms with E-state index in [2.05, 4.69) is 7.05 Å². The Morgan fingerprint density at radius 3 is 2.44 bits per heavy atom. The van der Waals surface area contributed by atoms with Gasteiger partial charge in [0, 0.05) is 26.1 Å². The van der Waals surface area contributed by atoms with E-state index in [0.29, 0.717) is 13.2 Å². The summed E-state index contributed by atoms with van der Waals surface area (Å²) in [4.78, 5) is 0. The van der Waals surface area contributed by atoms with Crippen LogP contribution in [0.15, 0.2) is 0 Å². The van der Waals surface area contributed by atoms with E-state index in [1.807, 2.05) is 0 Å². The number of likely N-dealkylation sites (tertiary alicyclic amines) is 1. The summed E-state index contributed by atoms with van der Waals surface area (Å²) in [5.41, 5.74) is 0. The van der Waals surface area contributed by atoms with Gasteiger partial charge in [-0.1, -0.05) is 0 Å². The van der Waals surface area contributed by atoms with Gasteiger partial charge in [-0.3, -0.25) is 0 Å². The highest BCUT2D eigenvalue weighted by Crippen LogP contribution is 2.29. The smallest absolute Gasteiger partial charge is 0.0890 e. The second-order valence-electron chi connectivity index (χ2n) is 5.37. The Morgan fingerprint density at radius 1 is 1.06 bits per heavy atom. The lowest BCUT2D eigenvalue weighted by molar-refractivity contribution is -0.921. The van der Waals surface area contributed by atoms with Crippen LogP contribution in [0.4, 0.5) is 0 Å². The fourth-order valence-electron chi connectivity index (χ4n) is 3.01. The van der Waals surface area contributed by atoms with Crippen LogP contribution in [0.25, 0.3) is 0 Å². The molecule has 16 heavy (non-hydrogen) atoms. The third-order valence-electron chi connectivity index (χ3n) is 4.11. The molecular formula is C13H28NO2+. The molecule has 0 bridgehead atoms. The predicted octanol–water partition coefficient (Wildman–Crippen LogP) is 1.53. The van der Waals surface area contributed by atoms with Gasteiger partial charge in [-0.25, -0.2) is 0 Å². The van der Waals surface area contributed by atoms with E-state index in [0.717, 1.165) is 31.7 Å². The first-order valence-electron chi connectivity index (χ1n) is 6.79. The largest absolute Gasteiger partial charge is 0.396 e. The van der Waals surface area contributed by atoms with Crippen molar-refractivity contribution in [2.75, 3.05) is 33.4 Å². The molecule has 3 heteroatoms. The van der Waals surface area contributed by atoms with Crippen molar-refractivity contribution in [2.45, 2.75) is 51.0 Å². The number of unbranched alkanes of at least 4 members (excludes halogenated alkanes) is 2. The number of quaternary nitrogens is 1. The maximum Gasteiger partial charge on any atom is 0.0890 e. The minimum absolute atomic E-state index is 0.329. The van der Waals surface area contributed by atoms with Crippen molar-refractivity contribution in [3.05, 3.63) is 0 Å². The van der Waals surface area contributed by atoms with Crippen LogP contribution in [-0.4, -0.2) is 54.1 Å². The minimum atomic E-state index is 0.329. The second kappa shape index (κ2) is 7.25. The van der Waals surface area contributed by atoms with E-state index < -0.39 is 0 Å². The summed E-state index contributed by atoms with van der Waals surface area (Å²) in [7, 11) is 2.37. The van der Waals surface area contributed by atoms with E-state index in [4.69, 9.17) is 10.2 Å². The van der Waals surface area contributed by atoms with Gasteiger partial charge in [0.1, 0.15) is 0 Å². The van der Waals surface area contributed by atoms with Crippen molar-refractivity contribution in [3.8, 4) is 0 Å². The first-order valence-corrected chi connectivity index (χ1v) is 6.79. The number of nitrogens with zero attached hydrogens (tertiary/aromatic N) is 1. The zero-order valence-corrected chi connectivity index (χ0v) is 10.7. The van der Waals surface area contributed by atoms with Gasteiger partial charge in [-0.05, 0) is 32.1 Å². The SMILES string of the molecule is C[N+]1(CCCCO)CCCC1CCCCO. The standard InChI is InChI=1S/C13H28NO2/c1-14(9-3-5-12-16)10-6-8-13(14)7-2-4-11-15/h13,15-16H,2-12H2,1H3/q+1. The van der Waals surface area contributed by atoms with Crippen molar-refractivity contribution >= 4 is 0 Å². The average Bonchev–Trinajstić information content (AvgIpc) is 2.62. The molecule has 0 spiro atoms. The molecular weight excluding hydrogens is 202 g/mol. The molecule has 2 unspecified atom stereocenters. The van der Waals surface area contributed by atoms with Gasteiger partial charge in [0.2, 0.25) is 0 Å². The molecule has 0 amide bonds. The summed E-state index contributed by atoms with van der Waals surface area (Å²) in [6, 6.07) is 0.797. The maximum atomic E-state index is 8.83. The molecule has 1 aliphatic rings. The number of aliphatic hydroxyl groups excluding tert-OH is 2. The van der Waals surface area contributed by atoms with Gasteiger partial charge in [-0.15, -0.1) is 0 Å². The van der Waals surface area contributed by atoms with Crippen LogP contribution in [0.1, 0.15) is 44.9 Å². The Morgan fingerprint density at radius 2 is 1.75 bits per heavy atom. The lowest BCUT2D eigenvalue weighted by atomic mass is 10.1. The molecule has 1 saturated heterocycles. The number of aliphatic hydroxyl groups is 2. The Labute approximate surface area is 99.7 Å². The van der Waals surface area contributed by atoms with Crippen molar-refractivity contribution in [1.82, 2.24) is 0 Å². The summed E-state index contributed by atoms with van der Waals surface area (Å²) >= 11 is 0. The number of hydrogen-bond acceptors (Lipinski definition) is 2.